The Balaban J connectivity index is 1.42. The zero-order chi connectivity index (χ0) is 19.3. The van der Waals surface area contributed by atoms with Crippen LogP contribution in [0.3, 0.4) is 0 Å². The highest BCUT2D eigenvalue weighted by atomic mass is 16.3. The summed E-state index contributed by atoms with van der Waals surface area (Å²) in [6, 6.07) is 20.7. The number of hydrogen-bond acceptors (Lipinski definition) is 4. The lowest BCUT2D eigenvalue weighted by atomic mass is 10.0. The van der Waals surface area contributed by atoms with Crippen molar-refractivity contribution in [1.29, 1.82) is 0 Å². The monoisotopic (exact) mass is 376 g/mol. The van der Waals surface area contributed by atoms with Gasteiger partial charge in [-0.15, -0.1) is 0 Å². The van der Waals surface area contributed by atoms with Gasteiger partial charge in [0.05, 0.1) is 11.7 Å². The number of aryl methyl sites for hydroxylation is 1. The van der Waals surface area contributed by atoms with Crippen LogP contribution in [0.25, 0.3) is 0 Å². The van der Waals surface area contributed by atoms with E-state index in [0.29, 0.717) is 5.75 Å². The second-order valence-corrected chi connectivity index (χ2v) is 7.45. The van der Waals surface area contributed by atoms with E-state index in [2.05, 4.69) is 51.3 Å². The van der Waals surface area contributed by atoms with Gasteiger partial charge in [-0.05, 0) is 29.7 Å². The molecule has 5 heteroatoms. The molecule has 146 valence electrons. The normalized spacial score (nSPS) is 16.9. The summed E-state index contributed by atoms with van der Waals surface area (Å²) in [6.07, 6.45) is 2.77. The van der Waals surface area contributed by atoms with E-state index in [-0.39, 0.29) is 6.04 Å². The second kappa shape index (κ2) is 8.59. The largest absolute Gasteiger partial charge is 0.508 e. The van der Waals surface area contributed by atoms with E-state index in [9.17, 15) is 5.11 Å². The molecule has 1 saturated heterocycles. The fourth-order valence-corrected chi connectivity index (χ4v) is 4.10. The van der Waals surface area contributed by atoms with Crippen LogP contribution in [-0.2, 0) is 13.5 Å². The minimum atomic E-state index is 0.231. The van der Waals surface area contributed by atoms with Gasteiger partial charge in [-0.3, -0.25) is 9.58 Å². The van der Waals surface area contributed by atoms with Crippen LogP contribution in [-0.4, -0.2) is 57.4 Å². The van der Waals surface area contributed by atoms with Crippen LogP contribution < -0.4 is 0 Å². The number of rotatable bonds is 6. The molecule has 5 nitrogen and oxygen atoms in total. The maximum absolute atomic E-state index is 9.98. The van der Waals surface area contributed by atoms with Crippen molar-refractivity contribution in [1.82, 2.24) is 19.6 Å². The fourth-order valence-electron chi connectivity index (χ4n) is 4.10. The van der Waals surface area contributed by atoms with Gasteiger partial charge < -0.3 is 10.0 Å². The summed E-state index contributed by atoms with van der Waals surface area (Å²) in [5.74, 6) is 0.404. The van der Waals surface area contributed by atoms with Crippen molar-refractivity contribution in [2.75, 3.05) is 32.7 Å². The number of hydrogen-bond donors (Lipinski definition) is 1. The van der Waals surface area contributed by atoms with Gasteiger partial charge in [0.2, 0.25) is 0 Å². The number of phenols is 1. The Labute approximate surface area is 166 Å². The Bertz CT molecular complexity index is 884. The molecule has 1 aliphatic heterocycles. The van der Waals surface area contributed by atoms with Crippen molar-refractivity contribution in [2.24, 2.45) is 7.05 Å². The molecular weight excluding hydrogens is 348 g/mol. The van der Waals surface area contributed by atoms with Gasteiger partial charge in [-0.25, -0.2) is 0 Å². The Morgan fingerprint density at radius 2 is 1.64 bits per heavy atom. The smallest absolute Gasteiger partial charge is 0.118 e. The standard InChI is InChI=1S/C23H28N4O/c1-25-21(11-13-24-25)23(20-8-3-2-4-9-20)27-17-15-26(16-18-27)14-12-19-7-5-6-10-22(19)28/h2-11,13,23,28H,12,14-18H2,1H3. The number of nitrogens with zero attached hydrogens (tertiary/aromatic N) is 4. The number of para-hydroxylation sites is 1. The first-order chi connectivity index (χ1) is 13.7. The highest BCUT2D eigenvalue weighted by Gasteiger charge is 2.28. The summed E-state index contributed by atoms with van der Waals surface area (Å²) in [4.78, 5) is 5.05. The zero-order valence-corrected chi connectivity index (χ0v) is 16.4. The molecule has 2 heterocycles. The van der Waals surface area contributed by atoms with Crippen LogP contribution in [0.5, 0.6) is 5.75 Å². The summed E-state index contributed by atoms with van der Waals surface area (Å²) in [5, 5.41) is 14.4. The summed E-state index contributed by atoms with van der Waals surface area (Å²) < 4.78 is 1.99. The molecule has 4 rings (SSSR count). The molecule has 1 unspecified atom stereocenters. The lowest BCUT2D eigenvalue weighted by Crippen LogP contribution is -2.48. The molecule has 0 aliphatic carbocycles. The fraction of sp³-hybridized carbons (Fsp3) is 0.348. The Morgan fingerprint density at radius 3 is 2.32 bits per heavy atom. The van der Waals surface area contributed by atoms with Gasteiger partial charge in [-0.1, -0.05) is 48.5 Å². The average Bonchev–Trinajstić information content (AvgIpc) is 3.15. The third-order valence-electron chi connectivity index (χ3n) is 5.72. The lowest BCUT2D eigenvalue weighted by Gasteiger charge is -2.39. The van der Waals surface area contributed by atoms with Crippen LogP contribution in [0.2, 0.25) is 0 Å². The van der Waals surface area contributed by atoms with Crippen molar-refractivity contribution in [3.05, 3.63) is 83.7 Å². The highest BCUT2D eigenvalue weighted by molar-refractivity contribution is 5.32. The number of aromatic hydroxyl groups is 1. The van der Waals surface area contributed by atoms with E-state index in [4.69, 9.17) is 0 Å². The van der Waals surface area contributed by atoms with E-state index in [1.165, 1.54) is 11.3 Å². The first kappa shape index (κ1) is 18.7. The maximum Gasteiger partial charge on any atom is 0.118 e. The summed E-state index contributed by atoms with van der Waals surface area (Å²) in [6.45, 7) is 5.09. The summed E-state index contributed by atoms with van der Waals surface area (Å²) in [7, 11) is 2.02. The van der Waals surface area contributed by atoms with Crippen molar-refractivity contribution in [3.63, 3.8) is 0 Å². The summed E-state index contributed by atoms with van der Waals surface area (Å²) >= 11 is 0. The molecule has 0 amide bonds. The van der Waals surface area contributed by atoms with Crippen molar-refractivity contribution in [2.45, 2.75) is 12.5 Å². The molecule has 1 fully saturated rings. The SMILES string of the molecule is Cn1nccc1C(c1ccccc1)N1CCN(CCc2ccccc2O)CC1. The predicted octanol–water partition coefficient (Wildman–Crippen LogP) is 3.08. The van der Waals surface area contributed by atoms with E-state index < -0.39 is 0 Å². The first-order valence-electron chi connectivity index (χ1n) is 9.98. The second-order valence-electron chi connectivity index (χ2n) is 7.45. The lowest BCUT2D eigenvalue weighted by molar-refractivity contribution is 0.107. The number of benzene rings is 2. The molecule has 0 saturated carbocycles. The minimum absolute atomic E-state index is 0.231. The predicted molar refractivity (Wildman–Crippen MR) is 111 cm³/mol. The third kappa shape index (κ3) is 4.11. The zero-order valence-electron chi connectivity index (χ0n) is 16.4. The van der Waals surface area contributed by atoms with E-state index in [0.717, 1.165) is 44.7 Å². The van der Waals surface area contributed by atoms with Crippen LogP contribution in [0.4, 0.5) is 0 Å². The molecule has 0 radical (unpaired) electrons. The number of phenolic OH excluding ortho intramolecular Hbond substituents is 1. The first-order valence-corrected chi connectivity index (χ1v) is 9.98. The van der Waals surface area contributed by atoms with Crippen molar-refractivity contribution < 1.29 is 5.11 Å². The molecule has 0 bridgehead atoms. The van der Waals surface area contributed by atoms with Gasteiger partial charge in [0.25, 0.3) is 0 Å². The average molecular weight is 377 g/mol. The molecule has 1 N–H and O–H groups in total. The molecule has 1 atom stereocenters. The van der Waals surface area contributed by atoms with Crippen LogP contribution >= 0.6 is 0 Å². The molecule has 2 aromatic carbocycles. The van der Waals surface area contributed by atoms with Gasteiger partial charge in [0.15, 0.2) is 0 Å². The Kier molecular flexibility index (Phi) is 5.74. The molecule has 28 heavy (non-hydrogen) atoms. The van der Waals surface area contributed by atoms with E-state index in [1.807, 2.05) is 36.1 Å². The number of piperazine rings is 1. The molecule has 0 spiro atoms. The minimum Gasteiger partial charge on any atom is -0.508 e. The van der Waals surface area contributed by atoms with Crippen LogP contribution in [0, 0.1) is 0 Å². The Morgan fingerprint density at radius 1 is 0.929 bits per heavy atom. The van der Waals surface area contributed by atoms with E-state index >= 15 is 0 Å². The van der Waals surface area contributed by atoms with Gasteiger partial charge in [0, 0.05) is 46.0 Å². The molecule has 1 aromatic heterocycles. The van der Waals surface area contributed by atoms with Gasteiger partial charge in [-0.2, -0.15) is 5.10 Å². The molecular formula is C23H28N4O. The van der Waals surface area contributed by atoms with Crippen LogP contribution in [0.1, 0.15) is 22.9 Å². The third-order valence-corrected chi connectivity index (χ3v) is 5.72. The highest BCUT2D eigenvalue weighted by Crippen LogP contribution is 2.29. The van der Waals surface area contributed by atoms with Crippen molar-refractivity contribution >= 4 is 0 Å². The summed E-state index contributed by atoms with van der Waals surface area (Å²) in [5.41, 5.74) is 3.57. The van der Waals surface area contributed by atoms with Gasteiger partial charge >= 0.3 is 0 Å². The van der Waals surface area contributed by atoms with Gasteiger partial charge in [0.1, 0.15) is 5.75 Å². The van der Waals surface area contributed by atoms with Crippen molar-refractivity contribution in [3.8, 4) is 5.75 Å². The number of aromatic nitrogens is 2. The van der Waals surface area contributed by atoms with E-state index in [1.54, 1.807) is 6.07 Å². The molecule has 1 aliphatic rings. The van der Waals surface area contributed by atoms with Crippen LogP contribution in [0.15, 0.2) is 66.9 Å². The quantitative estimate of drug-likeness (QED) is 0.718. The Hall–Kier alpha value is -2.63. The topological polar surface area (TPSA) is 44.5 Å². The molecule has 3 aromatic rings. The maximum atomic E-state index is 9.98.